The van der Waals surface area contributed by atoms with Crippen molar-refractivity contribution in [3.63, 3.8) is 0 Å². The Bertz CT molecular complexity index is 1930. The molecular weight excluding hydrogens is 632 g/mol. The highest BCUT2D eigenvalue weighted by molar-refractivity contribution is 5.96. The average Bonchev–Trinajstić information content (AvgIpc) is 3.46. The predicted octanol–water partition coefficient (Wildman–Crippen LogP) is 5.84. The molecule has 2 aliphatic rings. The summed E-state index contributed by atoms with van der Waals surface area (Å²) in [6.45, 7) is 9.60. The number of ether oxygens (including phenoxy) is 2. The second kappa shape index (κ2) is 12.7. The summed E-state index contributed by atoms with van der Waals surface area (Å²) >= 11 is 0. The maximum Gasteiger partial charge on any atom is 0.410 e. The quantitative estimate of drug-likeness (QED) is 0.260. The van der Waals surface area contributed by atoms with Crippen molar-refractivity contribution in [1.29, 1.82) is 5.26 Å². The van der Waals surface area contributed by atoms with Gasteiger partial charge in [-0.3, -0.25) is 4.79 Å². The van der Waals surface area contributed by atoms with E-state index >= 15 is 4.39 Å². The van der Waals surface area contributed by atoms with Gasteiger partial charge in [-0.15, -0.1) is 0 Å². The van der Waals surface area contributed by atoms with E-state index in [2.05, 4.69) is 21.4 Å². The van der Waals surface area contributed by atoms with Crippen LogP contribution in [0, 0.1) is 24.1 Å². The largest absolute Gasteiger partial charge is 0.488 e. The molecule has 49 heavy (non-hydrogen) atoms. The SMILES string of the molecule is Cc1c(F)cccc1C(=O)NC1(C)CCN(c2ccc(-c3cc(OCC4(F)CN(C(=O)OC(C)(C)C)C4)cn4ncc(C#N)c34)cn2)CC1. The molecule has 0 aliphatic carbocycles. The number of nitrogens with zero attached hydrogens (tertiary/aromatic N) is 6. The summed E-state index contributed by atoms with van der Waals surface area (Å²) in [5.41, 5.74) is 0.0838. The third kappa shape index (κ3) is 7.13. The molecular formula is C36H39F2N7O4. The van der Waals surface area contributed by atoms with Crippen LogP contribution in [-0.2, 0) is 4.74 Å². The van der Waals surface area contributed by atoms with Gasteiger partial charge in [-0.1, -0.05) is 6.07 Å². The molecule has 0 bridgehead atoms. The van der Waals surface area contributed by atoms with Gasteiger partial charge in [-0.05, 0) is 83.4 Å². The number of rotatable bonds is 7. The lowest BCUT2D eigenvalue weighted by atomic mass is 9.89. The van der Waals surface area contributed by atoms with Crippen molar-refractivity contribution < 1.29 is 27.8 Å². The Morgan fingerprint density at radius 3 is 2.51 bits per heavy atom. The highest BCUT2D eigenvalue weighted by atomic mass is 19.1. The number of carbonyl (C=O) groups excluding carboxylic acids is 2. The molecule has 5 heterocycles. The van der Waals surface area contributed by atoms with E-state index in [0.29, 0.717) is 65.0 Å². The molecule has 2 saturated heterocycles. The van der Waals surface area contributed by atoms with Gasteiger partial charge in [-0.2, -0.15) is 10.4 Å². The molecule has 6 rings (SSSR count). The number of hydrogen-bond donors (Lipinski definition) is 1. The first kappa shape index (κ1) is 33.6. The highest BCUT2D eigenvalue weighted by Crippen LogP contribution is 2.34. The van der Waals surface area contributed by atoms with Crippen molar-refractivity contribution in [3.8, 4) is 22.9 Å². The Kier molecular flexibility index (Phi) is 8.69. The molecule has 3 aromatic heterocycles. The number of alkyl halides is 1. The maximum absolute atomic E-state index is 15.4. The van der Waals surface area contributed by atoms with E-state index in [0.717, 1.165) is 5.82 Å². The first-order chi connectivity index (χ1) is 23.2. The lowest BCUT2D eigenvalue weighted by Crippen LogP contribution is -2.64. The number of fused-ring (bicyclic) bond motifs is 1. The minimum absolute atomic E-state index is 0.141. The number of aromatic nitrogens is 3. The topological polar surface area (TPSA) is 125 Å². The number of nitrogens with one attached hydrogen (secondary N) is 1. The lowest BCUT2D eigenvalue weighted by molar-refractivity contribution is -0.0686. The van der Waals surface area contributed by atoms with Gasteiger partial charge in [0.15, 0.2) is 5.67 Å². The smallest absolute Gasteiger partial charge is 0.410 e. The third-order valence-corrected chi connectivity index (χ3v) is 8.98. The molecule has 0 unspecified atom stereocenters. The first-order valence-electron chi connectivity index (χ1n) is 16.2. The zero-order valence-corrected chi connectivity index (χ0v) is 28.2. The molecule has 4 aromatic rings. The molecule has 2 aliphatic heterocycles. The zero-order chi connectivity index (χ0) is 35.1. The second-order valence-corrected chi connectivity index (χ2v) is 14.1. The van der Waals surface area contributed by atoms with Crippen molar-refractivity contribution in [2.75, 3.05) is 37.7 Å². The Morgan fingerprint density at radius 1 is 1.12 bits per heavy atom. The van der Waals surface area contributed by atoms with Crippen molar-refractivity contribution in [2.24, 2.45) is 0 Å². The predicted molar refractivity (Wildman–Crippen MR) is 179 cm³/mol. The summed E-state index contributed by atoms with van der Waals surface area (Å²) in [5.74, 6) is 0.406. The number of halogens is 2. The van der Waals surface area contributed by atoms with E-state index in [4.69, 9.17) is 14.5 Å². The molecule has 256 valence electrons. The number of nitriles is 1. The van der Waals surface area contributed by atoms with E-state index in [9.17, 15) is 19.2 Å². The molecule has 0 saturated carbocycles. The van der Waals surface area contributed by atoms with Crippen LogP contribution >= 0.6 is 0 Å². The van der Waals surface area contributed by atoms with E-state index in [-0.39, 0.29) is 25.6 Å². The molecule has 13 heteroatoms. The Hall–Kier alpha value is -5.25. The average molecular weight is 672 g/mol. The monoisotopic (exact) mass is 671 g/mol. The van der Waals surface area contributed by atoms with Gasteiger partial charge in [0.2, 0.25) is 0 Å². The minimum Gasteiger partial charge on any atom is -0.488 e. The summed E-state index contributed by atoms with van der Waals surface area (Å²) in [6.07, 6.45) is 5.54. The Labute approximate surface area is 283 Å². The standard InChI is InChI=1S/C36H39F2N7O4/c1-23-27(7-6-8-29(23)37)32(46)42-35(5)11-13-43(14-12-35)30-10-9-24(17-40-30)28-15-26(19-45-31(28)25(16-39)18-41-45)48-22-36(38)20-44(21-36)33(47)49-34(2,3)4/h6-10,15,17-19H,11-14,20-22H2,1-5H3,(H,42,46). The van der Waals surface area contributed by atoms with Gasteiger partial charge < -0.3 is 24.6 Å². The number of amides is 2. The fourth-order valence-electron chi connectivity index (χ4n) is 6.16. The van der Waals surface area contributed by atoms with Crippen LogP contribution < -0.4 is 15.0 Å². The first-order valence-corrected chi connectivity index (χ1v) is 16.2. The van der Waals surface area contributed by atoms with Crippen LogP contribution in [-0.4, -0.2) is 81.1 Å². The molecule has 11 nitrogen and oxygen atoms in total. The maximum atomic E-state index is 15.4. The van der Waals surface area contributed by atoms with E-state index in [1.165, 1.54) is 27.7 Å². The third-order valence-electron chi connectivity index (χ3n) is 8.98. The van der Waals surface area contributed by atoms with Crippen LogP contribution in [0.1, 0.15) is 62.0 Å². The number of anilines is 1. The summed E-state index contributed by atoms with van der Waals surface area (Å²) < 4.78 is 42.1. The molecule has 2 amide bonds. The summed E-state index contributed by atoms with van der Waals surface area (Å²) in [6, 6.07) is 12.2. The van der Waals surface area contributed by atoms with Crippen LogP contribution in [0.3, 0.4) is 0 Å². The Balaban J connectivity index is 1.13. The van der Waals surface area contributed by atoms with Crippen molar-refractivity contribution >= 4 is 23.3 Å². The molecule has 1 aromatic carbocycles. The molecule has 2 fully saturated rings. The normalized spacial score (nSPS) is 16.9. The molecule has 1 N–H and O–H groups in total. The van der Waals surface area contributed by atoms with Gasteiger partial charge >= 0.3 is 6.09 Å². The van der Waals surface area contributed by atoms with E-state index in [1.54, 1.807) is 52.2 Å². The number of benzene rings is 1. The van der Waals surface area contributed by atoms with Crippen molar-refractivity contribution in [3.05, 3.63) is 77.5 Å². The van der Waals surface area contributed by atoms with E-state index < -0.39 is 28.7 Å². The highest BCUT2D eigenvalue weighted by Gasteiger charge is 2.48. The van der Waals surface area contributed by atoms with Gasteiger partial charge in [0.05, 0.1) is 36.6 Å². The lowest BCUT2D eigenvalue weighted by Gasteiger charge is -2.43. The van der Waals surface area contributed by atoms with Gasteiger partial charge in [-0.25, -0.2) is 23.1 Å². The number of pyridine rings is 2. The minimum atomic E-state index is -1.73. The van der Waals surface area contributed by atoms with Gasteiger partial charge in [0.25, 0.3) is 5.91 Å². The summed E-state index contributed by atoms with van der Waals surface area (Å²) in [4.78, 5) is 33.4. The fraction of sp³-hybridized carbons (Fsp3) is 0.417. The zero-order valence-electron chi connectivity index (χ0n) is 28.2. The number of carbonyl (C=O) groups is 2. The fourth-order valence-corrected chi connectivity index (χ4v) is 6.16. The van der Waals surface area contributed by atoms with Gasteiger partial charge in [0.1, 0.15) is 35.7 Å². The number of piperidine rings is 1. The van der Waals surface area contributed by atoms with E-state index in [1.807, 2.05) is 19.1 Å². The summed E-state index contributed by atoms with van der Waals surface area (Å²) in [7, 11) is 0. The van der Waals surface area contributed by atoms with Crippen LogP contribution in [0.25, 0.3) is 16.6 Å². The van der Waals surface area contributed by atoms with Crippen LogP contribution in [0.2, 0.25) is 0 Å². The Morgan fingerprint density at radius 2 is 1.86 bits per heavy atom. The van der Waals surface area contributed by atoms with Crippen LogP contribution in [0.4, 0.5) is 19.4 Å². The molecule has 0 radical (unpaired) electrons. The summed E-state index contributed by atoms with van der Waals surface area (Å²) in [5, 5.41) is 17.2. The number of likely N-dealkylation sites (tertiary alicyclic amines) is 1. The second-order valence-electron chi connectivity index (χ2n) is 14.1. The molecule has 0 atom stereocenters. The van der Waals surface area contributed by atoms with Gasteiger partial charge in [0, 0.05) is 41.5 Å². The molecule has 0 spiro atoms. The number of hydrogen-bond acceptors (Lipinski definition) is 8. The van der Waals surface area contributed by atoms with Crippen LogP contribution in [0.15, 0.2) is 55.0 Å². The van der Waals surface area contributed by atoms with Crippen LogP contribution in [0.5, 0.6) is 5.75 Å². The van der Waals surface area contributed by atoms with Crippen molar-refractivity contribution in [2.45, 2.75) is 64.3 Å². The van der Waals surface area contributed by atoms with Crippen molar-refractivity contribution in [1.82, 2.24) is 24.8 Å².